The lowest BCUT2D eigenvalue weighted by molar-refractivity contribution is -0.385. The maximum atomic E-state index is 10.9. The highest BCUT2D eigenvalue weighted by atomic mass is 127. The number of hydrogen-bond donors (Lipinski definition) is 1. The molecule has 0 spiro atoms. The quantitative estimate of drug-likeness (QED) is 0.478. The first-order valence-corrected chi connectivity index (χ1v) is 8.09. The Bertz CT molecular complexity index is 475. The Hall–Kier alpha value is -0.890. The van der Waals surface area contributed by atoms with Crippen LogP contribution in [0, 0.1) is 19.6 Å². The Morgan fingerprint density at radius 3 is 2.70 bits per heavy atom. The van der Waals surface area contributed by atoms with Crippen molar-refractivity contribution < 1.29 is 4.92 Å². The van der Waals surface area contributed by atoms with Gasteiger partial charge in [-0.2, -0.15) is 0 Å². The molecule has 2 rings (SSSR count). The molecule has 0 radical (unpaired) electrons. The number of rotatable bonds is 5. The molecule has 5 nitrogen and oxygen atoms in total. The normalized spacial score (nSPS) is 16.1. The number of halogens is 1. The van der Waals surface area contributed by atoms with Crippen LogP contribution in [0.3, 0.4) is 0 Å². The summed E-state index contributed by atoms with van der Waals surface area (Å²) in [5, 5.41) is 14.2. The first kappa shape index (κ1) is 15.5. The minimum absolute atomic E-state index is 0.187. The van der Waals surface area contributed by atoms with Gasteiger partial charge in [0.2, 0.25) is 0 Å². The van der Waals surface area contributed by atoms with Crippen molar-refractivity contribution in [2.24, 2.45) is 5.92 Å². The second-order valence-corrected chi connectivity index (χ2v) is 6.29. The predicted octanol–water partition coefficient (Wildman–Crippen LogP) is 3.03. The van der Waals surface area contributed by atoms with Gasteiger partial charge in [0, 0.05) is 24.8 Å². The molecule has 20 heavy (non-hydrogen) atoms. The summed E-state index contributed by atoms with van der Waals surface area (Å²) in [7, 11) is 0. The smallest absolute Gasteiger partial charge is 0.282 e. The Labute approximate surface area is 133 Å². The van der Waals surface area contributed by atoms with Gasteiger partial charge in [0.15, 0.2) is 0 Å². The number of benzene rings is 1. The molecule has 0 atom stereocenters. The Kier molecular flexibility index (Phi) is 5.59. The van der Waals surface area contributed by atoms with E-state index in [0.717, 1.165) is 31.9 Å². The van der Waals surface area contributed by atoms with Crippen LogP contribution in [0.25, 0.3) is 0 Å². The molecule has 1 heterocycles. The molecular weight excluding hydrogens is 369 g/mol. The third kappa shape index (κ3) is 3.82. The molecule has 0 saturated carbocycles. The highest BCUT2D eigenvalue weighted by molar-refractivity contribution is 14.1. The SMILES string of the molecule is CCN(CC1CCNCC1)c1ccc([N+](=O)[O-])c(I)c1. The number of anilines is 1. The van der Waals surface area contributed by atoms with Gasteiger partial charge in [0.25, 0.3) is 5.69 Å². The van der Waals surface area contributed by atoms with Crippen LogP contribution < -0.4 is 10.2 Å². The van der Waals surface area contributed by atoms with Crippen molar-refractivity contribution in [3.63, 3.8) is 0 Å². The van der Waals surface area contributed by atoms with E-state index in [1.54, 1.807) is 6.07 Å². The molecule has 0 amide bonds. The summed E-state index contributed by atoms with van der Waals surface area (Å²) in [5.74, 6) is 0.712. The van der Waals surface area contributed by atoms with Crippen molar-refractivity contribution in [2.75, 3.05) is 31.1 Å². The molecule has 1 aromatic rings. The summed E-state index contributed by atoms with van der Waals surface area (Å²) in [6, 6.07) is 5.40. The minimum Gasteiger partial charge on any atom is -0.371 e. The van der Waals surface area contributed by atoms with E-state index in [2.05, 4.69) is 17.1 Å². The van der Waals surface area contributed by atoms with E-state index in [-0.39, 0.29) is 10.6 Å². The van der Waals surface area contributed by atoms with Crippen LogP contribution in [0.15, 0.2) is 18.2 Å². The van der Waals surface area contributed by atoms with Gasteiger partial charge in [0.1, 0.15) is 0 Å². The second kappa shape index (κ2) is 7.21. The molecule has 0 aliphatic carbocycles. The van der Waals surface area contributed by atoms with E-state index in [0.29, 0.717) is 9.49 Å². The fraction of sp³-hybridized carbons (Fsp3) is 0.571. The van der Waals surface area contributed by atoms with Crippen molar-refractivity contribution in [2.45, 2.75) is 19.8 Å². The molecule has 1 N–H and O–H groups in total. The molecule has 110 valence electrons. The Morgan fingerprint density at radius 2 is 2.15 bits per heavy atom. The van der Waals surface area contributed by atoms with Crippen molar-refractivity contribution in [3.05, 3.63) is 31.9 Å². The third-order valence-corrected chi connectivity index (χ3v) is 4.68. The number of hydrogen-bond acceptors (Lipinski definition) is 4. The lowest BCUT2D eigenvalue weighted by Gasteiger charge is -2.31. The lowest BCUT2D eigenvalue weighted by atomic mass is 9.97. The molecule has 1 aliphatic heterocycles. The molecule has 0 unspecified atom stereocenters. The van der Waals surface area contributed by atoms with Gasteiger partial charge in [-0.15, -0.1) is 0 Å². The van der Waals surface area contributed by atoms with E-state index >= 15 is 0 Å². The van der Waals surface area contributed by atoms with Gasteiger partial charge < -0.3 is 10.2 Å². The number of piperidine rings is 1. The fourth-order valence-corrected chi connectivity index (χ4v) is 3.33. The average Bonchev–Trinajstić information content (AvgIpc) is 2.45. The molecule has 6 heteroatoms. The second-order valence-electron chi connectivity index (χ2n) is 5.12. The molecule has 0 bridgehead atoms. The maximum absolute atomic E-state index is 10.9. The van der Waals surface area contributed by atoms with Crippen molar-refractivity contribution in [1.82, 2.24) is 5.32 Å². The van der Waals surface area contributed by atoms with E-state index < -0.39 is 0 Å². The van der Waals surface area contributed by atoms with Gasteiger partial charge in [-0.3, -0.25) is 10.1 Å². The average molecular weight is 389 g/mol. The zero-order valence-electron chi connectivity index (χ0n) is 11.6. The van der Waals surface area contributed by atoms with Crippen LogP contribution in [0.4, 0.5) is 11.4 Å². The van der Waals surface area contributed by atoms with Gasteiger partial charge in [-0.25, -0.2) is 0 Å². The summed E-state index contributed by atoms with van der Waals surface area (Å²) in [6.07, 6.45) is 2.42. The van der Waals surface area contributed by atoms with Gasteiger partial charge in [-0.05, 0) is 73.5 Å². The molecule has 1 fully saturated rings. The van der Waals surface area contributed by atoms with Gasteiger partial charge in [0.05, 0.1) is 8.49 Å². The predicted molar refractivity (Wildman–Crippen MR) is 89.3 cm³/mol. The molecular formula is C14H20IN3O2. The van der Waals surface area contributed by atoms with E-state index in [9.17, 15) is 10.1 Å². The van der Waals surface area contributed by atoms with Crippen LogP contribution in [-0.4, -0.2) is 31.1 Å². The lowest BCUT2D eigenvalue weighted by Crippen LogP contribution is -2.36. The molecule has 0 aromatic heterocycles. The standard InChI is InChI=1S/C14H20IN3O2/c1-2-17(10-11-5-7-16-8-6-11)12-3-4-14(18(19)20)13(15)9-12/h3-4,9,11,16H,2,5-8,10H2,1H3. The summed E-state index contributed by atoms with van der Waals surface area (Å²) < 4.78 is 0.703. The van der Waals surface area contributed by atoms with Crippen molar-refractivity contribution >= 4 is 34.0 Å². The van der Waals surface area contributed by atoms with Crippen LogP contribution in [0.5, 0.6) is 0 Å². The fourth-order valence-electron chi connectivity index (χ4n) is 2.63. The third-order valence-electron chi connectivity index (χ3n) is 3.81. The number of nitro groups is 1. The van der Waals surface area contributed by atoms with Gasteiger partial charge >= 0.3 is 0 Å². The Morgan fingerprint density at radius 1 is 1.45 bits per heavy atom. The summed E-state index contributed by atoms with van der Waals surface area (Å²) in [6.45, 7) is 6.29. The largest absolute Gasteiger partial charge is 0.371 e. The van der Waals surface area contributed by atoms with Crippen molar-refractivity contribution in [3.8, 4) is 0 Å². The highest BCUT2D eigenvalue weighted by Crippen LogP contribution is 2.27. The zero-order valence-corrected chi connectivity index (χ0v) is 13.8. The van der Waals surface area contributed by atoms with Crippen LogP contribution in [0.1, 0.15) is 19.8 Å². The Balaban J connectivity index is 2.10. The van der Waals surface area contributed by atoms with Gasteiger partial charge in [-0.1, -0.05) is 0 Å². The van der Waals surface area contributed by atoms with Crippen LogP contribution in [0.2, 0.25) is 0 Å². The number of nitrogens with zero attached hydrogens (tertiary/aromatic N) is 2. The molecule has 1 saturated heterocycles. The highest BCUT2D eigenvalue weighted by Gasteiger charge is 2.18. The number of nitro benzene ring substituents is 1. The zero-order chi connectivity index (χ0) is 14.5. The minimum atomic E-state index is -0.325. The topological polar surface area (TPSA) is 58.4 Å². The summed E-state index contributed by atoms with van der Waals surface area (Å²) in [5.41, 5.74) is 1.27. The summed E-state index contributed by atoms with van der Waals surface area (Å²) in [4.78, 5) is 12.9. The first-order valence-electron chi connectivity index (χ1n) is 7.01. The van der Waals surface area contributed by atoms with Crippen molar-refractivity contribution in [1.29, 1.82) is 0 Å². The van der Waals surface area contributed by atoms with E-state index in [4.69, 9.17) is 0 Å². The monoisotopic (exact) mass is 389 g/mol. The van der Waals surface area contributed by atoms with E-state index in [1.165, 1.54) is 12.8 Å². The van der Waals surface area contributed by atoms with Crippen LogP contribution in [-0.2, 0) is 0 Å². The van der Waals surface area contributed by atoms with Crippen LogP contribution >= 0.6 is 22.6 Å². The first-order chi connectivity index (χ1) is 9.61. The molecule has 1 aromatic carbocycles. The van der Waals surface area contributed by atoms with E-state index in [1.807, 2.05) is 34.7 Å². The summed E-state index contributed by atoms with van der Waals surface area (Å²) >= 11 is 2.04. The maximum Gasteiger partial charge on any atom is 0.282 e. The number of nitrogens with one attached hydrogen (secondary N) is 1. The molecule has 1 aliphatic rings.